The highest BCUT2D eigenvalue weighted by Crippen LogP contribution is 2.42. The Morgan fingerprint density at radius 1 is 1.33 bits per heavy atom. The number of aromatic nitrogens is 3. The smallest absolute Gasteiger partial charge is 0.307 e. The van der Waals surface area contributed by atoms with Gasteiger partial charge in [0.05, 0.1) is 11.4 Å². The van der Waals surface area contributed by atoms with Crippen molar-refractivity contribution in [1.29, 1.82) is 0 Å². The Balaban J connectivity index is 1.98. The fourth-order valence-corrected chi connectivity index (χ4v) is 3.19. The standard InChI is InChI=1S/C15H20N4O2/c1-8-6-9(10(7-8)15(20)21)13-16-11-4-5-12(19(2)3)17-14(11)18-13/h4-5,8-10H,6-7H2,1-3H3,(H,20,21)(H,16,17,18). The van der Waals surface area contributed by atoms with Crippen LogP contribution in [0.25, 0.3) is 11.2 Å². The minimum Gasteiger partial charge on any atom is -0.481 e. The van der Waals surface area contributed by atoms with Gasteiger partial charge >= 0.3 is 5.97 Å². The van der Waals surface area contributed by atoms with Crippen molar-refractivity contribution in [3.8, 4) is 0 Å². The highest BCUT2D eigenvalue weighted by atomic mass is 16.4. The molecule has 1 saturated carbocycles. The van der Waals surface area contributed by atoms with E-state index in [0.717, 1.165) is 23.6 Å². The second kappa shape index (κ2) is 5.02. The first-order valence-corrected chi connectivity index (χ1v) is 7.22. The van der Waals surface area contributed by atoms with Crippen molar-refractivity contribution in [2.75, 3.05) is 19.0 Å². The number of pyridine rings is 1. The van der Waals surface area contributed by atoms with E-state index in [-0.39, 0.29) is 11.8 Å². The first-order chi connectivity index (χ1) is 9.95. The normalized spacial score (nSPS) is 25.4. The first-order valence-electron chi connectivity index (χ1n) is 7.22. The summed E-state index contributed by atoms with van der Waals surface area (Å²) in [4.78, 5) is 25.6. The number of carbonyl (C=O) groups is 1. The molecule has 0 aliphatic heterocycles. The SMILES string of the molecule is CC1CC(C(=O)O)C(c2nc3nc(N(C)C)ccc3[nH]2)C1. The van der Waals surface area contributed by atoms with Crippen molar-refractivity contribution >= 4 is 23.0 Å². The van der Waals surface area contributed by atoms with Crippen molar-refractivity contribution in [3.63, 3.8) is 0 Å². The van der Waals surface area contributed by atoms with Crippen LogP contribution in [-0.4, -0.2) is 40.1 Å². The topological polar surface area (TPSA) is 82.1 Å². The molecule has 6 nitrogen and oxygen atoms in total. The van der Waals surface area contributed by atoms with Crippen molar-refractivity contribution in [3.05, 3.63) is 18.0 Å². The maximum Gasteiger partial charge on any atom is 0.307 e. The summed E-state index contributed by atoms with van der Waals surface area (Å²) in [6.45, 7) is 2.10. The van der Waals surface area contributed by atoms with Gasteiger partial charge in [-0.2, -0.15) is 0 Å². The Labute approximate surface area is 123 Å². The molecule has 2 heterocycles. The summed E-state index contributed by atoms with van der Waals surface area (Å²) in [6.07, 6.45) is 1.57. The van der Waals surface area contributed by atoms with Crippen LogP contribution in [0.3, 0.4) is 0 Å². The number of hydrogen-bond donors (Lipinski definition) is 2. The van der Waals surface area contributed by atoms with Gasteiger partial charge in [-0.05, 0) is 30.9 Å². The molecule has 3 rings (SSSR count). The molecule has 0 radical (unpaired) electrons. The number of hydrogen-bond acceptors (Lipinski definition) is 4. The average molecular weight is 288 g/mol. The third-order valence-corrected chi connectivity index (χ3v) is 4.27. The molecule has 0 saturated heterocycles. The summed E-state index contributed by atoms with van der Waals surface area (Å²) in [5.41, 5.74) is 1.51. The summed E-state index contributed by atoms with van der Waals surface area (Å²) >= 11 is 0. The number of H-pyrrole nitrogens is 1. The second-order valence-electron chi connectivity index (χ2n) is 6.18. The number of aliphatic carboxylic acids is 1. The Kier molecular flexibility index (Phi) is 3.31. The van der Waals surface area contributed by atoms with Gasteiger partial charge in [0, 0.05) is 20.0 Å². The van der Waals surface area contributed by atoms with Crippen LogP contribution in [-0.2, 0) is 4.79 Å². The first kappa shape index (κ1) is 13.9. The van der Waals surface area contributed by atoms with E-state index in [2.05, 4.69) is 21.9 Å². The number of fused-ring (bicyclic) bond motifs is 1. The molecule has 6 heteroatoms. The van der Waals surface area contributed by atoms with Gasteiger partial charge in [-0.25, -0.2) is 9.97 Å². The quantitative estimate of drug-likeness (QED) is 0.905. The van der Waals surface area contributed by atoms with E-state index >= 15 is 0 Å². The Morgan fingerprint density at radius 2 is 2.10 bits per heavy atom. The third kappa shape index (κ3) is 2.46. The van der Waals surface area contributed by atoms with Crippen molar-refractivity contribution < 1.29 is 9.90 Å². The van der Waals surface area contributed by atoms with Crippen LogP contribution in [0.5, 0.6) is 0 Å². The van der Waals surface area contributed by atoms with E-state index in [1.807, 2.05) is 31.1 Å². The van der Waals surface area contributed by atoms with E-state index in [0.29, 0.717) is 18.0 Å². The molecule has 0 aromatic carbocycles. The molecule has 3 unspecified atom stereocenters. The van der Waals surface area contributed by atoms with E-state index in [4.69, 9.17) is 0 Å². The predicted molar refractivity (Wildman–Crippen MR) is 80.5 cm³/mol. The molecule has 1 aliphatic carbocycles. The Bertz CT molecular complexity index is 679. The molecular weight excluding hydrogens is 268 g/mol. The van der Waals surface area contributed by atoms with Gasteiger partial charge in [0.1, 0.15) is 11.6 Å². The van der Waals surface area contributed by atoms with Gasteiger partial charge in [0.15, 0.2) is 5.65 Å². The van der Waals surface area contributed by atoms with Gasteiger partial charge in [0.25, 0.3) is 0 Å². The number of nitrogens with one attached hydrogen (secondary N) is 1. The van der Waals surface area contributed by atoms with Crippen molar-refractivity contribution in [2.24, 2.45) is 11.8 Å². The van der Waals surface area contributed by atoms with E-state index < -0.39 is 5.97 Å². The van der Waals surface area contributed by atoms with Crippen LogP contribution in [0.1, 0.15) is 31.5 Å². The van der Waals surface area contributed by atoms with Crippen LogP contribution in [0.2, 0.25) is 0 Å². The van der Waals surface area contributed by atoms with Gasteiger partial charge in [-0.15, -0.1) is 0 Å². The average Bonchev–Trinajstić information content (AvgIpc) is 3.00. The highest BCUT2D eigenvalue weighted by molar-refractivity contribution is 5.75. The van der Waals surface area contributed by atoms with Gasteiger partial charge in [-0.3, -0.25) is 4.79 Å². The Morgan fingerprint density at radius 3 is 2.76 bits per heavy atom. The summed E-state index contributed by atoms with van der Waals surface area (Å²) in [6, 6.07) is 3.87. The largest absolute Gasteiger partial charge is 0.481 e. The number of rotatable bonds is 3. The van der Waals surface area contributed by atoms with Crippen LogP contribution in [0.15, 0.2) is 12.1 Å². The molecule has 1 aliphatic rings. The zero-order valence-electron chi connectivity index (χ0n) is 12.5. The monoisotopic (exact) mass is 288 g/mol. The molecule has 2 N–H and O–H groups in total. The van der Waals surface area contributed by atoms with Gasteiger partial charge in [0.2, 0.25) is 0 Å². The number of carboxylic acids is 1. The number of carboxylic acid groups (broad SMARTS) is 1. The summed E-state index contributed by atoms with van der Waals surface area (Å²) in [5.74, 6) is 0.880. The van der Waals surface area contributed by atoms with E-state index in [9.17, 15) is 9.90 Å². The third-order valence-electron chi connectivity index (χ3n) is 4.27. The fraction of sp³-hybridized carbons (Fsp3) is 0.533. The number of nitrogens with zero attached hydrogens (tertiary/aromatic N) is 3. The molecule has 21 heavy (non-hydrogen) atoms. The molecule has 3 atom stereocenters. The summed E-state index contributed by atoms with van der Waals surface area (Å²) in [5, 5.41) is 9.39. The molecule has 2 aromatic heterocycles. The van der Waals surface area contributed by atoms with Crippen LogP contribution in [0, 0.1) is 11.8 Å². The van der Waals surface area contributed by atoms with E-state index in [1.54, 1.807) is 0 Å². The molecule has 112 valence electrons. The summed E-state index contributed by atoms with van der Waals surface area (Å²) in [7, 11) is 3.86. The molecule has 1 fully saturated rings. The molecular formula is C15H20N4O2. The fourth-order valence-electron chi connectivity index (χ4n) is 3.19. The lowest BCUT2D eigenvalue weighted by atomic mass is 9.96. The molecule has 0 spiro atoms. The molecule has 2 aromatic rings. The maximum atomic E-state index is 11.4. The van der Waals surface area contributed by atoms with E-state index in [1.165, 1.54) is 0 Å². The molecule has 0 bridgehead atoms. The van der Waals surface area contributed by atoms with Crippen LogP contribution >= 0.6 is 0 Å². The lowest BCUT2D eigenvalue weighted by Crippen LogP contribution is -2.17. The minimum atomic E-state index is -0.730. The lowest BCUT2D eigenvalue weighted by Gasteiger charge is -2.12. The zero-order valence-corrected chi connectivity index (χ0v) is 12.5. The lowest BCUT2D eigenvalue weighted by molar-refractivity contribution is -0.142. The Hall–Kier alpha value is -2.11. The van der Waals surface area contributed by atoms with Crippen molar-refractivity contribution in [2.45, 2.75) is 25.7 Å². The van der Waals surface area contributed by atoms with Crippen molar-refractivity contribution in [1.82, 2.24) is 15.0 Å². The predicted octanol–water partition coefficient (Wildman–Crippen LogP) is 2.24. The van der Waals surface area contributed by atoms with Crippen LogP contribution < -0.4 is 4.90 Å². The minimum absolute atomic E-state index is 0.0468. The maximum absolute atomic E-state index is 11.4. The van der Waals surface area contributed by atoms with Gasteiger partial charge in [-0.1, -0.05) is 6.92 Å². The second-order valence-corrected chi connectivity index (χ2v) is 6.18. The number of anilines is 1. The van der Waals surface area contributed by atoms with Crippen LogP contribution in [0.4, 0.5) is 5.82 Å². The highest BCUT2D eigenvalue weighted by Gasteiger charge is 2.39. The molecule has 0 amide bonds. The summed E-state index contributed by atoms with van der Waals surface area (Å²) < 4.78 is 0. The number of aromatic amines is 1. The number of imidazole rings is 1. The zero-order chi connectivity index (χ0) is 15.1. The van der Waals surface area contributed by atoms with Gasteiger partial charge < -0.3 is 15.0 Å².